The molecular weight excluding hydrogens is 835 g/mol. The fraction of sp³-hybridized carbons (Fsp3) is 0.0312. The van der Waals surface area contributed by atoms with Crippen LogP contribution in [0.15, 0.2) is 243 Å². The summed E-state index contributed by atoms with van der Waals surface area (Å²) >= 11 is 0. The lowest BCUT2D eigenvalue weighted by Crippen LogP contribution is -2.29. The van der Waals surface area contributed by atoms with E-state index in [1.165, 1.54) is 0 Å². The molecule has 4 aliphatic carbocycles. The van der Waals surface area contributed by atoms with Gasteiger partial charge in [0.05, 0.1) is 10.8 Å². The van der Waals surface area contributed by atoms with Crippen LogP contribution in [-0.2, 0) is 10.8 Å². The van der Waals surface area contributed by atoms with Gasteiger partial charge in [-0.25, -0.2) is 8.78 Å². The van der Waals surface area contributed by atoms with Crippen LogP contribution in [0.5, 0.6) is 0 Å². The van der Waals surface area contributed by atoms with E-state index in [0.29, 0.717) is 0 Å². The summed E-state index contributed by atoms with van der Waals surface area (Å²) in [5.74, 6) is -0.581. The third-order valence-electron chi connectivity index (χ3n) is 14.9. The normalized spacial score (nSPS) is 17.3. The Morgan fingerprint density at radius 1 is 0.235 bits per heavy atom. The predicted molar refractivity (Wildman–Crippen MR) is 272 cm³/mol. The van der Waals surface area contributed by atoms with Crippen LogP contribution in [0.25, 0.3) is 33.4 Å². The average Bonchev–Trinajstić information content (AvgIpc) is 4.06. The maximum atomic E-state index is 16.4. The highest BCUT2D eigenvalue weighted by Gasteiger charge is 2.64. The first kappa shape index (κ1) is 38.6. The van der Waals surface area contributed by atoms with Crippen LogP contribution in [0.3, 0.4) is 0 Å². The van der Waals surface area contributed by atoms with Crippen LogP contribution >= 0.6 is 0 Å². The topological polar surface area (TPSA) is 6.48 Å². The zero-order chi connectivity index (χ0) is 45.1. The highest BCUT2D eigenvalue weighted by atomic mass is 19.1. The van der Waals surface area contributed by atoms with Crippen LogP contribution in [0.2, 0.25) is 0 Å². The summed E-state index contributed by atoms with van der Waals surface area (Å²) in [5, 5.41) is 0. The molecule has 0 heterocycles. The number of para-hydroxylation sites is 4. The largest absolute Gasteiger partial charge is 0.310 e. The van der Waals surface area contributed by atoms with Crippen molar-refractivity contribution in [2.45, 2.75) is 10.8 Å². The van der Waals surface area contributed by atoms with Gasteiger partial charge in [-0.05, 0) is 175 Å². The molecule has 0 bridgehead atoms. The lowest BCUT2D eigenvalue weighted by Gasteiger charge is -2.36. The number of nitrogens with zero attached hydrogens (tertiary/aromatic N) is 2. The van der Waals surface area contributed by atoms with E-state index in [0.717, 1.165) is 112 Å². The molecule has 14 rings (SSSR count). The zero-order valence-corrected chi connectivity index (χ0v) is 36.7. The Morgan fingerprint density at radius 3 is 0.897 bits per heavy atom. The first-order valence-electron chi connectivity index (χ1n) is 23.2. The molecule has 0 aliphatic heterocycles. The van der Waals surface area contributed by atoms with Gasteiger partial charge in [-0.2, -0.15) is 0 Å². The number of fused-ring (bicyclic) bond motifs is 18. The fourth-order valence-corrected chi connectivity index (χ4v) is 12.5. The maximum absolute atomic E-state index is 16.4. The van der Waals surface area contributed by atoms with Crippen molar-refractivity contribution in [1.29, 1.82) is 0 Å². The van der Waals surface area contributed by atoms with E-state index in [1.807, 2.05) is 36.4 Å². The molecule has 10 aromatic carbocycles. The van der Waals surface area contributed by atoms with Crippen molar-refractivity contribution >= 4 is 45.3 Å². The summed E-state index contributed by atoms with van der Waals surface area (Å²) in [6.45, 7) is 0. The van der Waals surface area contributed by atoms with Gasteiger partial charge in [0.25, 0.3) is 0 Å². The maximum Gasteiger partial charge on any atom is 0.123 e. The molecule has 0 aromatic heterocycles. The van der Waals surface area contributed by atoms with Gasteiger partial charge in [0.2, 0.25) is 0 Å². The SMILES string of the molecule is Fc1ccc2c(c1)C1(C3=C(c4ccc(N(c5ccccc5)c5ccccc5)cc41)C1(c4cc(N(c5ccccc5)c5ccccc5)ccc43)c3ccccc3-c3ccc(F)cc31)c1ccccc1-2. The number of rotatable bonds is 6. The molecule has 0 fully saturated rings. The fourth-order valence-electron chi connectivity index (χ4n) is 12.5. The van der Waals surface area contributed by atoms with Gasteiger partial charge in [-0.1, -0.05) is 146 Å². The van der Waals surface area contributed by atoms with E-state index in [2.05, 4.69) is 192 Å². The van der Waals surface area contributed by atoms with Crippen LogP contribution in [0.1, 0.15) is 44.5 Å². The zero-order valence-electron chi connectivity index (χ0n) is 36.7. The number of halogens is 2. The lowest BCUT2D eigenvalue weighted by molar-refractivity contribution is 0.623. The molecule has 2 unspecified atom stereocenters. The predicted octanol–water partition coefficient (Wildman–Crippen LogP) is 16.5. The summed E-state index contributed by atoms with van der Waals surface area (Å²) in [6, 6.07) is 83.5. The van der Waals surface area contributed by atoms with E-state index < -0.39 is 10.8 Å². The third-order valence-corrected chi connectivity index (χ3v) is 14.9. The highest BCUT2D eigenvalue weighted by molar-refractivity contribution is 6.20. The first-order valence-corrected chi connectivity index (χ1v) is 23.2. The van der Waals surface area contributed by atoms with Crippen molar-refractivity contribution in [3.05, 3.63) is 299 Å². The van der Waals surface area contributed by atoms with E-state index in [9.17, 15) is 0 Å². The van der Waals surface area contributed by atoms with Crippen LogP contribution < -0.4 is 9.80 Å². The lowest BCUT2D eigenvalue weighted by atomic mass is 9.66. The van der Waals surface area contributed by atoms with Gasteiger partial charge in [-0.3, -0.25) is 0 Å². The highest BCUT2D eigenvalue weighted by Crippen LogP contribution is 2.75. The van der Waals surface area contributed by atoms with Gasteiger partial charge < -0.3 is 9.80 Å². The summed E-state index contributed by atoms with van der Waals surface area (Å²) in [6.07, 6.45) is 0. The standard InChI is InChI=1S/C64H40F2N2/c65-41-29-33-51-49-25-13-15-27-55(49)63(57(51)37-41)59-39-47(67(43-17-5-1-6-18-43)44-19-7-2-8-20-44)31-35-53(59)61-62(63)54-36-32-48(68(45-21-9-3-10-22-45)46-23-11-4-12-24-46)40-60(54)64(61)56-28-16-14-26-50(56)52-34-30-42(66)38-58(52)64/h1-40H. The molecule has 4 aliphatic rings. The molecule has 10 aromatic rings. The Morgan fingerprint density at radius 2 is 0.529 bits per heavy atom. The van der Waals surface area contributed by atoms with Gasteiger partial charge >= 0.3 is 0 Å². The molecule has 2 atom stereocenters. The number of anilines is 6. The molecule has 0 amide bonds. The molecule has 68 heavy (non-hydrogen) atoms. The second-order valence-corrected chi connectivity index (χ2v) is 18.2. The monoisotopic (exact) mass is 874 g/mol. The van der Waals surface area contributed by atoms with Crippen LogP contribution in [0.4, 0.5) is 42.9 Å². The molecule has 0 N–H and O–H groups in total. The van der Waals surface area contributed by atoms with Crippen LogP contribution in [-0.4, -0.2) is 0 Å². The summed E-state index contributed by atoms with van der Waals surface area (Å²) in [4.78, 5) is 4.61. The Balaban J connectivity index is 1.14. The quantitative estimate of drug-likeness (QED) is 0.164. The molecule has 4 heteroatoms. The van der Waals surface area contributed by atoms with Gasteiger partial charge in [-0.15, -0.1) is 0 Å². The number of benzene rings is 10. The molecule has 0 radical (unpaired) electrons. The van der Waals surface area contributed by atoms with Crippen molar-refractivity contribution in [2.24, 2.45) is 0 Å². The van der Waals surface area contributed by atoms with Gasteiger partial charge in [0, 0.05) is 34.1 Å². The van der Waals surface area contributed by atoms with Crippen molar-refractivity contribution in [2.75, 3.05) is 9.80 Å². The van der Waals surface area contributed by atoms with Crippen LogP contribution in [0, 0.1) is 11.6 Å². The second-order valence-electron chi connectivity index (χ2n) is 18.2. The van der Waals surface area contributed by atoms with E-state index >= 15 is 8.78 Å². The molecule has 2 spiro atoms. The molecule has 0 saturated heterocycles. The Bertz CT molecular complexity index is 3390. The van der Waals surface area contributed by atoms with Gasteiger partial charge in [0.1, 0.15) is 11.6 Å². The van der Waals surface area contributed by atoms with Crippen molar-refractivity contribution in [3.8, 4) is 22.3 Å². The summed E-state index contributed by atoms with van der Waals surface area (Å²) in [5.41, 5.74) is 18.8. The minimum absolute atomic E-state index is 0.291. The van der Waals surface area contributed by atoms with Crippen molar-refractivity contribution < 1.29 is 8.78 Å². The summed E-state index contributed by atoms with van der Waals surface area (Å²) in [7, 11) is 0. The molecule has 0 saturated carbocycles. The number of allylic oxidation sites excluding steroid dienone is 2. The Kier molecular flexibility index (Phi) is 8.21. The van der Waals surface area contributed by atoms with E-state index in [1.54, 1.807) is 24.3 Å². The molecular formula is C64H40F2N2. The smallest absolute Gasteiger partial charge is 0.123 e. The number of hydrogen-bond donors (Lipinski definition) is 0. The third kappa shape index (κ3) is 5.09. The minimum atomic E-state index is -0.961. The minimum Gasteiger partial charge on any atom is -0.310 e. The number of hydrogen-bond acceptors (Lipinski definition) is 2. The van der Waals surface area contributed by atoms with Crippen molar-refractivity contribution in [1.82, 2.24) is 0 Å². The first-order chi connectivity index (χ1) is 33.6. The van der Waals surface area contributed by atoms with E-state index in [4.69, 9.17) is 0 Å². The Hall–Kier alpha value is -8.60. The average molecular weight is 875 g/mol. The molecule has 2 nitrogen and oxygen atoms in total. The van der Waals surface area contributed by atoms with E-state index in [-0.39, 0.29) is 11.6 Å². The second kappa shape index (κ2) is 14.4. The molecule has 320 valence electrons. The summed E-state index contributed by atoms with van der Waals surface area (Å²) < 4.78 is 32.8. The van der Waals surface area contributed by atoms with Gasteiger partial charge in [0.15, 0.2) is 0 Å². The van der Waals surface area contributed by atoms with Crippen molar-refractivity contribution in [3.63, 3.8) is 0 Å². The Labute approximate surface area is 394 Å².